The van der Waals surface area contributed by atoms with Gasteiger partial charge in [-0.3, -0.25) is 0 Å². The predicted molar refractivity (Wildman–Crippen MR) is 56.8 cm³/mol. The molecule has 0 saturated heterocycles. The number of hydrogen-bond donors (Lipinski definition) is 0. The largest absolute Gasteiger partial charge is 0.120 e. The van der Waals surface area contributed by atoms with E-state index in [1.165, 1.54) is 13.8 Å². The van der Waals surface area contributed by atoms with Crippen molar-refractivity contribution in [3.05, 3.63) is 17.6 Å². The first kappa shape index (κ1) is 9.23. The topological polar surface area (TPSA) is 0 Å². The van der Waals surface area contributed by atoms with Crippen molar-refractivity contribution in [3.63, 3.8) is 0 Å². The van der Waals surface area contributed by atoms with E-state index >= 15 is 0 Å². The molecule has 0 amide bonds. The van der Waals surface area contributed by atoms with Crippen LogP contribution in [0, 0.1) is 0 Å². The van der Waals surface area contributed by atoms with Crippen LogP contribution >= 0.6 is 59.1 Å². The lowest BCUT2D eigenvalue weighted by Gasteiger charge is -1.91. The van der Waals surface area contributed by atoms with Crippen molar-refractivity contribution in [1.82, 2.24) is 0 Å². The highest BCUT2D eigenvalue weighted by molar-refractivity contribution is 9.14. The number of hydrogen-bond acceptors (Lipinski definition) is 1. The van der Waals surface area contributed by atoms with Crippen molar-refractivity contribution < 1.29 is 0 Å². The maximum absolute atomic E-state index is 3.49. The van der Waals surface area contributed by atoms with Crippen LogP contribution in [0.3, 0.4) is 0 Å². The maximum Gasteiger partial charge on any atom is 0.0855 e. The van der Waals surface area contributed by atoms with Gasteiger partial charge in [-0.2, -0.15) is 0 Å². The molecule has 0 bridgehead atoms. The summed E-state index contributed by atoms with van der Waals surface area (Å²) in [5.41, 5.74) is 1.34. The van der Waals surface area contributed by atoms with Gasteiger partial charge in [-0.15, -0.1) is 11.3 Å². The van der Waals surface area contributed by atoms with Crippen molar-refractivity contribution in [2.24, 2.45) is 0 Å². The van der Waals surface area contributed by atoms with Crippen LogP contribution < -0.4 is 0 Å². The molecule has 0 fully saturated rings. The van der Waals surface area contributed by atoms with Crippen LogP contribution in [0.25, 0.3) is 0 Å². The molecule has 1 aromatic heterocycles. The number of thiophene rings is 1. The molecule has 0 atom stereocenters. The van der Waals surface area contributed by atoms with Crippen molar-refractivity contribution in [2.45, 2.75) is 13.3 Å². The van der Waals surface area contributed by atoms with Crippen molar-refractivity contribution >= 4 is 59.1 Å². The summed E-state index contributed by atoms with van der Waals surface area (Å²) in [5, 5.41) is 0. The van der Waals surface area contributed by atoms with Crippen LogP contribution in [0.5, 0.6) is 0 Å². The van der Waals surface area contributed by atoms with Gasteiger partial charge in [0.25, 0.3) is 0 Å². The minimum Gasteiger partial charge on any atom is -0.120 e. The minimum absolute atomic E-state index is 1.06. The molecule has 0 aromatic carbocycles. The molecule has 4 heteroatoms. The van der Waals surface area contributed by atoms with E-state index in [4.69, 9.17) is 0 Å². The summed E-state index contributed by atoms with van der Waals surface area (Å²) in [6.07, 6.45) is 1.06. The Morgan fingerprint density at radius 3 is 2.00 bits per heavy atom. The monoisotopic (exact) mass is 346 g/mol. The highest BCUT2D eigenvalue weighted by Gasteiger charge is 2.09. The van der Waals surface area contributed by atoms with Crippen LogP contribution in [-0.2, 0) is 6.42 Å². The van der Waals surface area contributed by atoms with Gasteiger partial charge in [0.15, 0.2) is 0 Å². The second kappa shape index (κ2) is 3.70. The molecule has 10 heavy (non-hydrogen) atoms. The fourth-order valence-corrected chi connectivity index (χ4v) is 4.88. The van der Waals surface area contributed by atoms with E-state index in [0.717, 1.165) is 10.2 Å². The van der Waals surface area contributed by atoms with Crippen LogP contribution in [0.4, 0.5) is 0 Å². The van der Waals surface area contributed by atoms with Gasteiger partial charge in [0.2, 0.25) is 0 Å². The van der Waals surface area contributed by atoms with E-state index in [1.54, 1.807) is 11.3 Å². The molecule has 0 nitrogen and oxygen atoms in total. The first-order valence-electron chi connectivity index (χ1n) is 2.79. The molecule has 1 aromatic rings. The van der Waals surface area contributed by atoms with Gasteiger partial charge in [0.05, 0.1) is 7.57 Å². The third-order valence-electron chi connectivity index (χ3n) is 1.21. The lowest BCUT2D eigenvalue weighted by molar-refractivity contribution is 1.13. The number of halogens is 3. The molecule has 0 N–H and O–H groups in total. The molecule has 0 saturated carbocycles. The summed E-state index contributed by atoms with van der Waals surface area (Å²) in [7, 11) is 0. The van der Waals surface area contributed by atoms with Crippen LogP contribution in [0.1, 0.15) is 12.5 Å². The third-order valence-corrected chi connectivity index (χ3v) is 5.53. The van der Waals surface area contributed by atoms with Crippen molar-refractivity contribution in [1.29, 1.82) is 0 Å². The molecule has 1 rings (SSSR count). The Morgan fingerprint density at radius 1 is 1.20 bits per heavy atom. The fraction of sp³-hybridized carbons (Fsp3) is 0.333. The minimum atomic E-state index is 1.06. The van der Waals surface area contributed by atoms with E-state index in [1.807, 2.05) is 0 Å². The van der Waals surface area contributed by atoms with E-state index in [-0.39, 0.29) is 0 Å². The third kappa shape index (κ3) is 1.65. The summed E-state index contributed by atoms with van der Waals surface area (Å²) in [6, 6.07) is 0. The Morgan fingerprint density at radius 2 is 1.80 bits per heavy atom. The SMILES string of the molecule is CCc1c(Br)sc(Br)c1Br. The predicted octanol–water partition coefficient (Wildman–Crippen LogP) is 4.60. The molecule has 56 valence electrons. The summed E-state index contributed by atoms with van der Waals surface area (Å²) in [4.78, 5) is 0. The second-order valence-corrected chi connectivity index (χ2v) is 6.24. The smallest absolute Gasteiger partial charge is 0.0855 e. The van der Waals surface area contributed by atoms with E-state index in [2.05, 4.69) is 54.7 Å². The summed E-state index contributed by atoms with van der Waals surface area (Å²) < 4.78 is 3.57. The summed E-state index contributed by atoms with van der Waals surface area (Å²) in [6.45, 7) is 2.14. The van der Waals surface area contributed by atoms with Crippen molar-refractivity contribution in [3.8, 4) is 0 Å². The van der Waals surface area contributed by atoms with Gasteiger partial charge in [-0.1, -0.05) is 6.92 Å². The standard InChI is InChI=1S/C6H5Br3S/c1-2-3-4(7)6(9)10-5(3)8/h2H2,1H3. The van der Waals surface area contributed by atoms with Crippen LogP contribution in [0.15, 0.2) is 12.0 Å². The van der Waals surface area contributed by atoms with Gasteiger partial charge in [-0.05, 0) is 59.8 Å². The zero-order valence-electron chi connectivity index (χ0n) is 5.25. The van der Waals surface area contributed by atoms with E-state index < -0.39 is 0 Å². The molecular formula is C6H5Br3S. The maximum atomic E-state index is 3.49. The molecule has 0 unspecified atom stereocenters. The molecule has 0 radical (unpaired) electrons. The lowest BCUT2D eigenvalue weighted by Crippen LogP contribution is -1.75. The first-order valence-corrected chi connectivity index (χ1v) is 5.98. The Bertz CT molecular complexity index is 241. The van der Waals surface area contributed by atoms with Crippen LogP contribution in [0.2, 0.25) is 0 Å². The van der Waals surface area contributed by atoms with Crippen LogP contribution in [-0.4, -0.2) is 0 Å². The van der Waals surface area contributed by atoms with Gasteiger partial charge in [0, 0.05) is 4.47 Å². The Balaban J connectivity index is 3.20. The summed E-state index contributed by atoms with van der Waals surface area (Å²) in [5.74, 6) is 0. The Kier molecular flexibility index (Phi) is 3.41. The average Bonchev–Trinajstić information content (AvgIpc) is 2.09. The summed E-state index contributed by atoms with van der Waals surface area (Å²) >= 11 is 12.1. The highest BCUT2D eigenvalue weighted by Crippen LogP contribution is 2.40. The zero-order valence-corrected chi connectivity index (χ0v) is 10.8. The molecular weight excluding hydrogens is 344 g/mol. The Hall–Kier alpha value is 1.14. The Labute approximate surface area is 89.4 Å². The zero-order chi connectivity index (χ0) is 7.72. The molecule has 0 aliphatic rings. The van der Waals surface area contributed by atoms with Gasteiger partial charge in [0.1, 0.15) is 0 Å². The quantitative estimate of drug-likeness (QED) is 0.696. The van der Waals surface area contributed by atoms with Gasteiger partial charge in [-0.25, -0.2) is 0 Å². The average molecular weight is 349 g/mol. The molecule has 0 aliphatic carbocycles. The lowest BCUT2D eigenvalue weighted by atomic mass is 10.3. The van der Waals surface area contributed by atoms with Gasteiger partial charge < -0.3 is 0 Å². The molecule has 0 aliphatic heterocycles. The van der Waals surface area contributed by atoms with E-state index in [9.17, 15) is 0 Å². The second-order valence-electron chi connectivity index (χ2n) is 1.80. The van der Waals surface area contributed by atoms with E-state index in [0.29, 0.717) is 0 Å². The highest BCUT2D eigenvalue weighted by atomic mass is 79.9. The molecule has 0 spiro atoms. The molecule has 1 heterocycles. The number of rotatable bonds is 1. The van der Waals surface area contributed by atoms with Gasteiger partial charge >= 0.3 is 0 Å². The fourth-order valence-electron chi connectivity index (χ4n) is 0.684. The normalized spacial score (nSPS) is 10.4. The first-order chi connectivity index (χ1) is 4.66. The van der Waals surface area contributed by atoms with Crippen molar-refractivity contribution in [2.75, 3.05) is 0 Å².